The Hall–Kier alpha value is -1.80. The van der Waals surface area contributed by atoms with Crippen molar-refractivity contribution in [3.63, 3.8) is 0 Å². The van der Waals surface area contributed by atoms with Gasteiger partial charge in [0.1, 0.15) is 0 Å². The molecule has 0 aromatic rings. The van der Waals surface area contributed by atoms with E-state index in [2.05, 4.69) is 67.8 Å². The molecule has 0 aromatic carbocycles. The molecule has 9 heteroatoms. The van der Waals surface area contributed by atoms with Gasteiger partial charge in [-0.3, -0.25) is 13.8 Å². The molecule has 0 aliphatic carbocycles. The van der Waals surface area contributed by atoms with Gasteiger partial charge in [-0.15, -0.1) is 0 Å². The molecule has 0 saturated heterocycles. The van der Waals surface area contributed by atoms with Crippen LogP contribution in [0.5, 0.6) is 0 Å². The number of nitrogens with one attached hydrogen (secondary N) is 1. The average molecular weight is 849 g/mol. The fraction of sp³-hybridized carbons (Fsp3) is 0.780. The van der Waals surface area contributed by atoms with Crippen molar-refractivity contribution in [1.29, 1.82) is 0 Å². The molecule has 59 heavy (non-hydrogen) atoms. The molecule has 3 atom stereocenters. The van der Waals surface area contributed by atoms with Crippen molar-refractivity contribution in [1.82, 2.24) is 5.32 Å². The van der Waals surface area contributed by atoms with Crippen molar-refractivity contribution in [2.75, 3.05) is 19.8 Å². The Morgan fingerprint density at radius 1 is 0.576 bits per heavy atom. The van der Waals surface area contributed by atoms with Gasteiger partial charge in [0.05, 0.1) is 25.4 Å². The predicted molar refractivity (Wildman–Crippen MR) is 254 cm³/mol. The third-order valence-electron chi connectivity index (χ3n) is 10.6. The number of aliphatic hydroxyl groups is 1. The third-order valence-corrected chi connectivity index (χ3v) is 11.6. The molecule has 0 aliphatic rings. The fourth-order valence-electron chi connectivity index (χ4n) is 6.95. The van der Waals surface area contributed by atoms with Crippen molar-refractivity contribution in [2.45, 2.75) is 231 Å². The highest BCUT2D eigenvalue weighted by Crippen LogP contribution is 2.43. The normalized spacial score (nSPS) is 14.5. The molecule has 0 radical (unpaired) electrons. The standard InChI is InChI=1S/C50H93N2O6P/c1-3-5-7-9-11-13-15-17-19-21-23-24-26-27-29-31-33-35-37-39-41-43-49(53)48(47-58-59(55,56)57-46-45-51)52-50(54)44-42-40-38-36-34-32-30-28-25-22-20-18-16-14-12-10-8-6-4-2/h6,8,12,14,18,20,25,28,41,43,48-49,53H,3-5,7,9-11,13,15-17,19,21-24,26-27,29-40,42,44-47,51H2,1-2H3,(H,52,54)(H,55,56)/b8-6-,14-12-,20-18-,28-25-,43-41+. The van der Waals surface area contributed by atoms with Gasteiger partial charge >= 0.3 is 7.82 Å². The predicted octanol–water partition coefficient (Wildman–Crippen LogP) is 14.2. The molecule has 5 N–H and O–H groups in total. The van der Waals surface area contributed by atoms with Gasteiger partial charge < -0.3 is 21.1 Å². The summed E-state index contributed by atoms with van der Waals surface area (Å²) >= 11 is 0. The van der Waals surface area contributed by atoms with Crippen LogP contribution >= 0.6 is 7.82 Å². The lowest BCUT2D eigenvalue weighted by atomic mass is 10.0. The number of phosphoric ester groups is 1. The Kier molecular flexibility index (Phi) is 44.3. The number of carbonyl (C=O) groups is 1. The van der Waals surface area contributed by atoms with E-state index < -0.39 is 20.0 Å². The van der Waals surface area contributed by atoms with E-state index in [-0.39, 0.29) is 25.7 Å². The van der Waals surface area contributed by atoms with Crippen LogP contribution in [-0.2, 0) is 18.4 Å². The number of allylic oxidation sites excluding steroid dienone is 9. The minimum Gasteiger partial charge on any atom is -0.387 e. The first-order chi connectivity index (χ1) is 28.9. The molecule has 0 rings (SSSR count). The molecule has 1 amide bonds. The molecule has 0 saturated carbocycles. The number of hydrogen-bond donors (Lipinski definition) is 4. The molecule has 0 bridgehead atoms. The zero-order valence-corrected chi connectivity index (χ0v) is 39.1. The van der Waals surface area contributed by atoms with Crippen LogP contribution in [0.2, 0.25) is 0 Å². The molecule has 0 aliphatic heterocycles. The van der Waals surface area contributed by atoms with Crippen molar-refractivity contribution in [3.8, 4) is 0 Å². The van der Waals surface area contributed by atoms with Gasteiger partial charge in [-0.2, -0.15) is 0 Å². The van der Waals surface area contributed by atoms with Crippen molar-refractivity contribution >= 4 is 13.7 Å². The second kappa shape index (κ2) is 45.7. The molecule has 8 nitrogen and oxygen atoms in total. The Morgan fingerprint density at radius 2 is 0.983 bits per heavy atom. The number of amides is 1. The van der Waals surface area contributed by atoms with Gasteiger partial charge in [0.15, 0.2) is 0 Å². The topological polar surface area (TPSA) is 131 Å². The molecular weight excluding hydrogens is 756 g/mol. The third kappa shape index (κ3) is 44.1. The fourth-order valence-corrected chi connectivity index (χ4v) is 7.71. The van der Waals surface area contributed by atoms with Crippen LogP contribution in [0.4, 0.5) is 0 Å². The van der Waals surface area contributed by atoms with Gasteiger partial charge in [0, 0.05) is 13.0 Å². The van der Waals surface area contributed by atoms with Crippen molar-refractivity contribution in [2.24, 2.45) is 5.73 Å². The quantitative estimate of drug-likeness (QED) is 0.0273. The summed E-state index contributed by atoms with van der Waals surface area (Å²) in [5, 5.41) is 13.7. The highest BCUT2D eigenvalue weighted by Gasteiger charge is 2.26. The van der Waals surface area contributed by atoms with Gasteiger partial charge in [-0.25, -0.2) is 4.57 Å². The van der Waals surface area contributed by atoms with E-state index in [9.17, 15) is 19.4 Å². The lowest BCUT2D eigenvalue weighted by Crippen LogP contribution is -2.45. The second-order valence-corrected chi connectivity index (χ2v) is 17.7. The van der Waals surface area contributed by atoms with Gasteiger partial charge in [0.25, 0.3) is 0 Å². The Labute approximate surface area is 364 Å². The van der Waals surface area contributed by atoms with Crippen LogP contribution in [0.25, 0.3) is 0 Å². The summed E-state index contributed by atoms with van der Waals surface area (Å²) in [7, 11) is -4.35. The summed E-state index contributed by atoms with van der Waals surface area (Å²) in [6.45, 7) is 4.02. The van der Waals surface area contributed by atoms with Crippen LogP contribution in [0, 0.1) is 0 Å². The van der Waals surface area contributed by atoms with Crippen LogP contribution in [-0.4, -0.2) is 47.8 Å². The Bertz CT molecular complexity index is 1110. The molecule has 0 heterocycles. The minimum atomic E-state index is -4.35. The molecular formula is C50H93N2O6P. The first kappa shape index (κ1) is 57.2. The number of carbonyl (C=O) groups excluding carboxylic acids is 1. The number of unbranched alkanes of at least 4 members (excludes halogenated alkanes) is 25. The number of nitrogens with two attached hydrogens (primary N) is 1. The maximum atomic E-state index is 12.8. The lowest BCUT2D eigenvalue weighted by molar-refractivity contribution is -0.123. The maximum Gasteiger partial charge on any atom is 0.472 e. The highest BCUT2D eigenvalue weighted by atomic mass is 31.2. The maximum absolute atomic E-state index is 12.8. The first-order valence-corrected chi connectivity index (χ1v) is 25.9. The summed E-state index contributed by atoms with van der Waals surface area (Å²) in [6.07, 6.45) is 58.5. The monoisotopic (exact) mass is 849 g/mol. The van der Waals surface area contributed by atoms with E-state index in [4.69, 9.17) is 14.8 Å². The van der Waals surface area contributed by atoms with E-state index in [1.54, 1.807) is 6.08 Å². The average Bonchev–Trinajstić information content (AvgIpc) is 3.22. The molecule has 0 spiro atoms. The van der Waals surface area contributed by atoms with Crippen molar-refractivity contribution < 1.29 is 28.4 Å². The van der Waals surface area contributed by atoms with Crippen LogP contribution < -0.4 is 11.1 Å². The summed E-state index contributed by atoms with van der Waals surface area (Å²) < 4.78 is 22.2. The van der Waals surface area contributed by atoms with E-state index in [1.807, 2.05) is 6.08 Å². The Balaban J connectivity index is 4.17. The number of phosphoric acid groups is 1. The summed E-state index contributed by atoms with van der Waals surface area (Å²) in [6, 6.07) is -0.871. The van der Waals surface area contributed by atoms with Crippen LogP contribution in [0.1, 0.15) is 219 Å². The molecule has 3 unspecified atom stereocenters. The molecule has 0 aromatic heterocycles. The molecule has 344 valence electrons. The van der Waals surface area contributed by atoms with E-state index >= 15 is 0 Å². The second-order valence-electron chi connectivity index (χ2n) is 16.3. The zero-order valence-electron chi connectivity index (χ0n) is 38.2. The van der Waals surface area contributed by atoms with Crippen LogP contribution in [0.3, 0.4) is 0 Å². The Morgan fingerprint density at radius 3 is 1.44 bits per heavy atom. The van der Waals surface area contributed by atoms with E-state index in [1.165, 1.54) is 122 Å². The van der Waals surface area contributed by atoms with E-state index in [0.29, 0.717) is 6.42 Å². The number of rotatable bonds is 45. The van der Waals surface area contributed by atoms with Gasteiger partial charge in [-0.05, 0) is 57.8 Å². The summed E-state index contributed by atoms with van der Waals surface area (Å²) in [4.78, 5) is 22.8. The number of aliphatic hydroxyl groups excluding tert-OH is 1. The SMILES string of the molecule is CC/C=C\C/C=C\C/C=C\C/C=C\CCCCCCCCC(=O)NC(COP(=O)(O)OCCN)C(O)/C=C/CCCCCCCCCCCCCCCCCCCCC. The summed E-state index contributed by atoms with van der Waals surface area (Å²) in [5.41, 5.74) is 5.39. The summed E-state index contributed by atoms with van der Waals surface area (Å²) in [5.74, 6) is -0.208. The van der Waals surface area contributed by atoms with Crippen molar-refractivity contribution in [3.05, 3.63) is 60.8 Å². The zero-order chi connectivity index (χ0) is 43.2. The largest absolute Gasteiger partial charge is 0.472 e. The van der Waals surface area contributed by atoms with E-state index in [0.717, 1.165) is 77.0 Å². The van der Waals surface area contributed by atoms with Gasteiger partial charge in [-0.1, -0.05) is 216 Å². The van der Waals surface area contributed by atoms with Crippen LogP contribution in [0.15, 0.2) is 60.8 Å². The first-order valence-electron chi connectivity index (χ1n) is 24.4. The lowest BCUT2D eigenvalue weighted by Gasteiger charge is -2.23. The molecule has 0 fully saturated rings. The highest BCUT2D eigenvalue weighted by molar-refractivity contribution is 7.47. The number of hydrogen-bond acceptors (Lipinski definition) is 6. The van der Waals surface area contributed by atoms with Gasteiger partial charge in [0.2, 0.25) is 5.91 Å². The smallest absolute Gasteiger partial charge is 0.387 e. The minimum absolute atomic E-state index is 0.0736.